The third kappa shape index (κ3) is 5.00. The van der Waals surface area contributed by atoms with Gasteiger partial charge in [0.1, 0.15) is 5.71 Å². The van der Waals surface area contributed by atoms with Crippen LogP contribution in [0.4, 0.5) is 5.69 Å². The Hall–Kier alpha value is -3.09. The normalized spacial score (nSPS) is 11.2. The van der Waals surface area contributed by atoms with Crippen LogP contribution >= 0.6 is 23.2 Å². The van der Waals surface area contributed by atoms with Crippen molar-refractivity contribution in [2.24, 2.45) is 5.10 Å². The molecule has 142 valence electrons. The average Bonchev–Trinajstić information content (AvgIpc) is 3.20. The van der Waals surface area contributed by atoms with Crippen molar-refractivity contribution >= 4 is 46.4 Å². The second-order valence-electron chi connectivity index (χ2n) is 5.89. The molecule has 1 aromatic heterocycles. The van der Waals surface area contributed by atoms with Crippen LogP contribution < -0.4 is 10.7 Å². The van der Waals surface area contributed by atoms with Gasteiger partial charge in [-0.15, -0.1) is 0 Å². The van der Waals surface area contributed by atoms with Crippen molar-refractivity contribution in [3.63, 3.8) is 0 Å². The molecule has 6 nitrogen and oxygen atoms in total. The van der Waals surface area contributed by atoms with Crippen molar-refractivity contribution in [1.29, 1.82) is 0 Å². The van der Waals surface area contributed by atoms with Crippen LogP contribution in [0.15, 0.2) is 72.1 Å². The zero-order valence-electron chi connectivity index (χ0n) is 14.8. The van der Waals surface area contributed by atoms with Gasteiger partial charge in [0.25, 0.3) is 11.8 Å². The lowest BCUT2D eigenvalue weighted by atomic mass is 10.2. The quantitative estimate of drug-likeness (QED) is 0.475. The molecule has 0 bridgehead atoms. The van der Waals surface area contributed by atoms with Crippen LogP contribution in [0, 0.1) is 0 Å². The Bertz CT molecular complexity index is 1010. The van der Waals surface area contributed by atoms with Crippen molar-refractivity contribution < 1.29 is 9.59 Å². The smallest absolute Gasteiger partial charge is 0.271 e. The number of nitrogens with one attached hydrogen (secondary N) is 2. The third-order valence-corrected chi connectivity index (χ3v) is 4.24. The van der Waals surface area contributed by atoms with Gasteiger partial charge in [-0.25, -0.2) is 5.43 Å². The Kier molecular flexibility index (Phi) is 6.13. The molecule has 0 saturated heterocycles. The van der Waals surface area contributed by atoms with E-state index >= 15 is 0 Å². The summed E-state index contributed by atoms with van der Waals surface area (Å²) in [5.74, 6) is -0.904. The second-order valence-corrected chi connectivity index (χ2v) is 6.76. The largest absolute Gasteiger partial charge is 0.324 e. The maximum absolute atomic E-state index is 12.2. The van der Waals surface area contributed by atoms with Crippen LogP contribution in [0.2, 0.25) is 10.0 Å². The van der Waals surface area contributed by atoms with Crippen LogP contribution in [0.25, 0.3) is 5.69 Å². The molecular formula is C20H16Cl2N4O2. The minimum Gasteiger partial charge on any atom is -0.324 e. The highest BCUT2D eigenvalue weighted by Gasteiger charge is 2.10. The Balaban J connectivity index is 1.61. The Morgan fingerprint density at radius 1 is 0.964 bits per heavy atom. The number of hydrogen-bond acceptors (Lipinski definition) is 3. The van der Waals surface area contributed by atoms with Gasteiger partial charge in [-0.1, -0.05) is 23.2 Å². The fourth-order valence-corrected chi connectivity index (χ4v) is 2.92. The predicted octanol–water partition coefficient (Wildman–Crippen LogP) is 4.53. The van der Waals surface area contributed by atoms with Gasteiger partial charge in [-0.3, -0.25) is 9.59 Å². The average molecular weight is 415 g/mol. The van der Waals surface area contributed by atoms with Gasteiger partial charge in [-0.2, -0.15) is 5.10 Å². The number of carbonyl (C=O) groups excluding carboxylic acids is 2. The molecule has 2 aromatic carbocycles. The number of nitrogens with zero attached hydrogens (tertiary/aromatic N) is 2. The number of halogens is 2. The summed E-state index contributed by atoms with van der Waals surface area (Å²) in [6.07, 6.45) is 3.82. The maximum Gasteiger partial charge on any atom is 0.271 e. The fraction of sp³-hybridized carbons (Fsp3) is 0.0500. The first-order chi connectivity index (χ1) is 13.4. The summed E-state index contributed by atoms with van der Waals surface area (Å²) in [6, 6.07) is 15.5. The molecule has 0 radical (unpaired) electrons. The van der Waals surface area contributed by atoms with E-state index in [1.165, 1.54) is 6.92 Å². The molecule has 0 unspecified atom stereocenters. The highest BCUT2D eigenvalue weighted by Crippen LogP contribution is 2.22. The highest BCUT2D eigenvalue weighted by molar-refractivity contribution is 6.42. The van der Waals surface area contributed by atoms with Crippen molar-refractivity contribution in [3.05, 3.63) is 82.6 Å². The lowest BCUT2D eigenvalue weighted by Crippen LogP contribution is -2.25. The van der Waals surface area contributed by atoms with Crippen LogP contribution in [0.3, 0.4) is 0 Å². The second kappa shape index (κ2) is 8.73. The van der Waals surface area contributed by atoms with Crippen LogP contribution in [-0.2, 0) is 4.79 Å². The molecular weight excluding hydrogens is 399 g/mol. The molecule has 0 saturated carbocycles. The van der Waals surface area contributed by atoms with E-state index in [1.807, 2.05) is 41.2 Å². The zero-order chi connectivity index (χ0) is 20.1. The lowest BCUT2D eigenvalue weighted by molar-refractivity contribution is -0.110. The Morgan fingerprint density at radius 2 is 1.57 bits per heavy atom. The molecule has 0 spiro atoms. The van der Waals surface area contributed by atoms with Gasteiger partial charge in [0.15, 0.2) is 0 Å². The summed E-state index contributed by atoms with van der Waals surface area (Å²) in [5.41, 5.74) is 4.24. The first-order valence-corrected chi connectivity index (χ1v) is 9.03. The van der Waals surface area contributed by atoms with E-state index in [4.69, 9.17) is 23.2 Å². The van der Waals surface area contributed by atoms with Gasteiger partial charge in [0.2, 0.25) is 0 Å². The topological polar surface area (TPSA) is 75.5 Å². The standard InChI is InChI=1S/C20H16Cl2N4O2/c1-13(19(27)23-17-11-15(21)10-16(22)12-17)24-25-20(28)14-4-6-18(7-5-14)26-8-2-3-9-26/h2-12H,1H3,(H,23,27)(H,25,28)/b24-13+. The van der Waals surface area contributed by atoms with Crippen LogP contribution in [0.1, 0.15) is 17.3 Å². The molecule has 0 fully saturated rings. The molecule has 2 N–H and O–H groups in total. The molecule has 0 aliphatic heterocycles. The van der Waals surface area contributed by atoms with Crippen LogP contribution in [0.5, 0.6) is 0 Å². The molecule has 28 heavy (non-hydrogen) atoms. The predicted molar refractivity (Wildman–Crippen MR) is 111 cm³/mol. The number of benzene rings is 2. The number of anilines is 1. The van der Waals surface area contributed by atoms with E-state index in [-0.39, 0.29) is 5.71 Å². The van der Waals surface area contributed by atoms with Crippen molar-refractivity contribution in [1.82, 2.24) is 9.99 Å². The first kappa shape index (κ1) is 19.7. The van der Waals surface area contributed by atoms with Crippen LogP contribution in [-0.4, -0.2) is 22.1 Å². The summed E-state index contributed by atoms with van der Waals surface area (Å²) in [5, 5.41) is 7.26. The van der Waals surface area contributed by atoms with E-state index < -0.39 is 11.8 Å². The molecule has 0 aliphatic rings. The summed E-state index contributed by atoms with van der Waals surface area (Å²) < 4.78 is 1.93. The van der Waals surface area contributed by atoms with E-state index in [0.717, 1.165) is 5.69 Å². The van der Waals surface area contributed by atoms with Gasteiger partial charge in [0, 0.05) is 39.4 Å². The summed E-state index contributed by atoms with van der Waals surface area (Å²) in [6.45, 7) is 1.48. The first-order valence-electron chi connectivity index (χ1n) is 8.28. The number of hydrazone groups is 1. The van der Waals surface area contributed by atoms with Gasteiger partial charge >= 0.3 is 0 Å². The molecule has 0 aliphatic carbocycles. The summed E-state index contributed by atoms with van der Waals surface area (Å²) >= 11 is 11.8. The van der Waals surface area contributed by atoms with Gasteiger partial charge in [-0.05, 0) is 61.5 Å². The SMILES string of the molecule is C/C(=N\NC(=O)c1ccc(-n2cccc2)cc1)C(=O)Nc1cc(Cl)cc(Cl)c1. The number of amides is 2. The number of aromatic nitrogens is 1. The molecule has 1 heterocycles. The summed E-state index contributed by atoms with van der Waals surface area (Å²) in [4.78, 5) is 24.4. The van der Waals surface area contributed by atoms with E-state index in [2.05, 4.69) is 15.8 Å². The third-order valence-electron chi connectivity index (χ3n) is 3.81. The van der Waals surface area contributed by atoms with Crippen molar-refractivity contribution in [3.8, 4) is 5.69 Å². The molecule has 2 amide bonds. The molecule has 8 heteroatoms. The van der Waals surface area contributed by atoms with Gasteiger partial charge in [0.05, 0.1) is 0 Å². The monoisotopic (exact) mass is 414 g/mol. The van der Waals surface area contributed by atoms with Gasteiger partial charge < -0.3 is 9.88 Å². The number of carbonyl (C=O) groups is 2. The highest BCUT2D eigenvalue weighted by atomic mass is 35.5. The minimum atomic E-state index is -0.485. The Labute approximate surface area is 171 Å². The molecule has 0 atom stereocenters. The summed E-state index contributed by atoms with van der Waals surface area (Å²) in [7, 11) is 0. The van der Waals surface area contributed by atoms with Crippen molar-refractivity contribution in [2.75, 3.05) is 5.32 Å². The van der Waals surface area contributed by atoms with Crippen molar-refractivity contribution in [2.45, 2.75) is 6.92 Å². The van der Waals surface area contributed by atoms with E-state index in [0.29, 0.717) is 21.3 Å². The number of hydrogen-bond donors (Lipinski definition) is 2. The zero-order valence-corrected chi connectivity index (χ0v) is 16.3. The fourth-order valence-electron chi connectivity index (χ4n) is 2.39. The minimum absolute atomic E-state index is 0.0772. The number of rotatable bonds is 5. The van der Waals surface area contributed by atoms with E-state index in [9.17, 15) is 9.59 Å². The maximum atomic E-state index is 12.2. The lowest BCUT2D eigenvalue weighted by Gasteiger charge is -2.07. The molecule has 3 aromatic rings. The molecule has 3 rings (SSSR count). The Morgan fingerprint density at radius 3 is 2.18 bits per heavy atom. The van der Waals surface area contributed by atoms with E-state index in [1.54, 1.807) is 30.3 Å².